The number of carbonyl (C=O) groups is 4. The number of piperidine rings is 1. The van der Waals surface area contributed by atoms with Gasteiger partial charge >= 0.3 is 0 Å². The Labute approximate surface area is 365 Å². The monoisotopic (exact) mass is 856 g/mol. The van der Waals surface area contributed by atoms with Gasteiger partial charge in [-0.05, 0) is 86.9 Å². The maximum Gasteiger partial charge on any atom is 0.261 e. The summed E-state index contributed by atoms with van der Waals surface area (Å²) < 4.78 is 19.6. The number of ether oxygens (including phenoxy) is 3. The van der Waals surface area contributed by atoms with Gasteiger partial charge in [0.15, 0.2) is 5.82 Å². The number of amides is 3. The quantitative estimate of drug-likeness (QED) is 0.0903. The second-order valence-corrected chi connectivity index (χ2v) is 15.6. The van der Waals surface area contributed by atoms with E-state index in [0.717, 1.165) is 34.7 Å². The second kappa shape index (κ2) is 20.8. The Morgan fingerprint density at radius 2 is 1.68 bits per heavy atom. The summed E-state index contributed by atoms with van der Waals surface area (Å²) in [6.45, 7) is 3.47. The van der Waals surface area contributed by atoms with Crippen LogP contribution < -0.4 is 24.4 Å². The van der Waals surface area contributed by atoms with E-state index >= 15 is 0 Å². The highest BCUT2D eigenvalue weighted by molar-refractivity contribution is 6.08. The Morgan fingerprint density at radius 3 is 2.38 bits per heavy atom. The number of aldehydes is 1. The summed E-state index contributed by atoms with van der Waals surface area (Å²) in [5.74, 6) is 1.12. The van der Waals surface area contributed by atoms with Crippen LogP contribution in [0.3, 0.4) is 0 Å². The van der Waals surface area contributed by atoms with Crippen molar-refractivity contribution in [2.45, 2.75) is 70.1 Å². The van der Waals surface area contributed by atoms with Crippen LogP contribution in [0.2, 0.25) is 0 Å². The lowest BCUT2D eigenvalue weighted by Crippen LogP contribution is -2.48. The molecule has 1 aliphatic heterocycles. The summed E-state index contributed by atoms with van der Waals surface area (Å²) in [7, 11) is 3.50. The van der Waals surface area contributed by atoms with Gasteiger partial charge in [-0.1, -0.05) is 18.2 Å². The smallest absolute Gasteiger partial charge is 0.261 e. The van der Waals surface area contributed by atoms with Crippen LogP contribution in [-0.4, -0.2) is 111 Å². The maximum atomic E-state index is 13.2. The Hall–Kier alpha value is -6.94. The maximum absolute atomic E-state index is 13.2. The normalized spacial score (nSPS) is 14.5. The van der Waals surface area contributed by atoms with Crippen molar-refractivity contribution in [3.8, 4) is 28.5 Å². The van der Waals surface area contributed by atoms with Gasteiger partial charge in [0.25, 0.3) is 5.91 Å². The number of aryl methyl sites for hydroxylation is 2. The van der Waals surface area contributed by atoms with Crippen LogP contribution in [0.1, 0.15) is 60.9 Å². The lowest BCUT2D eigenvalue weighted by Gasteiger charge is -2.30. The number of benzene rings is 2. The molecule has 2 aliphatic rings. The third kappa shape index (κ3) is 10.6. The average molecular weight is 857 g/mol. The van der Waals surface area contributed by atoms with Gasteiger partial charge in [-0.15, -0.1) is 5.10 Å². The molecule has 328 valence electrons. The van der Waals surface area contributed by atoms with Crippen molar-refractivity contribution < 1.29 is 38.5 Å². The first-order valence-electron chi connectivity index (χ1n) is 21.2. The van der Waals surface area contributed by atoms with Crippen molar-refractivity contribution in [1.82, 2.24) is 34.9 Å². The molecule has 2 fully saturated rings. The Balaban J connectivity index is 0.000000204. The number of nitrogens with one attached hydrogen (secondary N) is 1. The molecule has 5 heterocycles. The first kappa shape index (κ1) is 44.1. The van der Waals surface area contributed by atoms with Crippen molar-refractivity contribution in [2.75, 3.05) is 38.3 Å². The van der Waals surface area contributed by atoms with Crippen LogP contribution in [0.25, 0.3) is 32.9 Å². The summed E-state index contributed by atoms with van der Waals surface area (Å²) in [6.07, 6.45) is 13.2. The third-order valence-corrected chi connectivity index (χ3v) is 11.5. The number of rotatable bonds is 16. The molecule has 1 unspecified atom stereocenters. The molecule has 16 heteroatoms. The molecule has 2 aromatic carbocycles. The van der Waals surface area contributed by atoms with E-state index in [1.54, 1.807) is 25.1 Å². The van der Waals surface area contributed by atoms with Gasteiger partial charge in [0, 0.05) is 91.7 Å². The van der Waals surface area contributed by atoms with Crippen LogP contribution in [0.4, 0.5) is 5.82 Å². The SMILES string of the molecule is CNC(=O)C(CCC=O)N(C=O)C(=O)c1cc(OCCOc2cnnc(N3CCC(O)CC3)c2)ccc1C.Cn1c2ccncc2c2ccc(-c3ccc(OC4CCC4)nc3)cc21. The number of carbonyl (C=O) groups excluding carboxylic acids is 4. The highest BCUT2D eigenvalue weighted by Gasteiger charge is 2.30. The molecule has 8 rings (SSSR count). The molecule has 16 nitrogen and oxygen atoms in total. The number of anilines is 1. The van der Waals surface area contributed by atoms with Crippen LogP contribution in [0.5, 0.6) is 17.4 Å². The number of aromatic nitrogens is 5. The van der Waals surface area contributed by atoms with Gasteiger partial charge in [0.05, 0.1) is 17.8 Å². The number of pyridine rings is 2. The molecular weight excluding hydrogens is 805 g/mol. The average Bonchev–Trinajstić information content (AvgIpc) is 3.59. The number of aliphatic hydroxyl groups excluding tert-OH is 1. The molecule has 1 saturated heterocycles. The van der Waals surface area contributed by atoms with Crippen LogP contribution >= 0.6 is 0 Å². The van der Waals surface area contributed by atoms with Crippen molar-refractivity contribution >= 4 is 52.1 Å². The zero-order valence-corrected chi connectivity index (χ0v) is 35.7. The molecule has 0 bridgehead atoms. The fraction of sp³-hybridized carbons (Fsp3) is 0.362. The van der Waals surface area contributed by atoms with E-state index in [1.807, 2.05) is 29.6 Å². The third-order valence-electron chi connectivity index (χ3n) is 11.5. The summed E-state index contributed by atoms with van der Waals surface area (Å²) in [5, 5.41) is 22.7. The van der Waals surface area contributed by atoms with Crippen molar-refractivity contribution in [2.24, 2.45) is 7.05 Å². The number of fused-ring (bicyclic) bond motifs is 3. The molecule has 1 atom stereocenters. The van der Waals surface area contributed by atoms with Crippen LogP contribution in [0, 0.1) is 6.92 Å². The Bertz CT molecular complexity index is 2540. The van der Waals surface area contributed by atoms with Crippen molar-refractivity contribution in [1.29, 1.82) is 0 Å². The highest BCUT2D eigenvalue weighted by atomic mass is 16.5. The minimum absolute atomic E-state index is 0.0194. The molecule has 0 radical (unpaired) electrons. The predicted octanol–water partition coefficient (Wildman–Crippen LogP) is 5.62. The van der Waals surface area contributed by atoms with E-state index in [-0.39, 0.29) is 37.7 Å². The molecule has 63 heavy (non-hydrogen) atoms. The van der Waals surface area contributed by atoms with E-state index in [9.17, 15) is 24.3 Å². The fourth-order valence-corrected chi connectivity index (χ4v) is 7.61. The number of hydrogen-bond donors (Lipinski definition) is 2. The summed E-state index contributed by atoms with van der Waals surface area (Å²) in [5.41, 5.74) is 5.46. The molecule has 1 aliphatic carbocycles. The molecular formula is C47H52N8O8. The first-order valence-corrected chi connectivity index (χ1v) is 21.2. The number of hydrogen-bond acceptors (Lipinski definition) is 13. The van der Waals surface area contributed by atoms with Gasteiger partial charge in [0.2, 0.25) is 18.2 Å². The molecule has 6 aromatic rings. The lowest BCUT2D eigenvalue weighted by atomic mass is 9.96. The number of aliphatic hydroxyl groups is 1. The van der Waals surface area contributed by atoms with E-state index < -0.39 is 17.9 Å². The summed E-state index contributed by atoms with van der Waals surface area (Å²) >= 11 is 0. The Kier molecular flexibility index (Phi) is 14.5. The number of likely N-dealkylation sites (N-methyl/N-ethyl adjacent to an activating group) is 1. The highest BCUT2D eigenvalue weighted by Crippen LogP contribution is 2.32. The lowest BCUT2D eigenvalue weighted by molar-refractivity contribution is -0.131. The number of imide groups is 1. The van der Waals surface area contributed by atoms with E-state index in [0.29, 0.717) is 67.6 Å². The zero-order valence-electron chi connectivity index (χ0n) is 35.7. The summed E-state index contributed by atoms with van der Waals surface area (Å²) in [4.78, 5) is 59.7. The minimum Gasteiger partial charge on any atom is -0.490 e. The van der Waals surface area contributed by atoms with Crippen LogP contribution in [-0.2, 0) is 21.4 Å². The Morgan fingerprint density at radius 1 is 0.905 bits per heavy atom. The molecule has 2 N–H and O–H groups in total. The largest absolute Gasteiger partial charge is 0.490 e. The van der Waals surface area contributed by atoms with Gasteiger partial charge in [-0.3, -0.25) is 24.3 Å². The summed E-state index contributed by atoms with van der Waals surface area (Å²) in [6, 6.07) is 18.2. The van der Waals surface area contributed by atoms with Crippen molar-refractivity contribution in [3.05, 3.63) is 96.6 Å². The number of nitrogens with zero attached hydrogens (tertiary/aromatic N) is 7. The molecule has 0 spiro atoms. The topological polar surface area (TPSA) is 191 Å². The van der Waals surface area contributed by atoms with E-state index in [2.05, 4.69) is 67.4 Å². The van der Waals surface area contributed by atoms with Gasteiger partial charge in [-0.2, -0.15) is 5.10 Å². The fourth-order valence-electron chi connectivity index (χ4n) is 7.61. The van der Waals surface area contributed by atoms with E-state index in [4.69, 9.17) is 14.2 Å². The first-order chi connectivity index (χ1) is 30.7. The standard InChI is InChI=1S/C26H33N5O7.C21H19N3O/c1-18-5-6-20(14-22(18)26(36)31(17-33)23(4-3-11-32)25(35)27-2)37-12-13-38-21-15-24(29-28-16-21)30-9-7-19(34)8-10-30;1-24-19-9-10-22-13-18(19)17-7-5-14(11-20(17)24)15-6-8-21(23-12-15)25-16-3-2-4-16/h5-6,11,14-17,19,23,34H,3-4,7-10,12-13H2,1-2H3,(H,27,35);5-13,16H,2-4H2,1H3. The molecule has 4 aromatic heterocycles. The van der Waals surface area contributed by atoms with Gasteiger partial charge in [-0.25, -0.2) is 4.98 Å². The molecule has 3 amide bonds. The van der Waals surface area contributed by atoms with E-state index in [1.165, 1.54) is 47.5 Å². The molecule has 1 saturated carbocycles. The second-order valence-electron chi connectivity index (χ2n) is 15.6. The minimum atomic E-state index is -1.11. The predicted molar refractivity (Wildman–Crippen MR) is 237 cm³/mol. The van der Waals surface area contributed by atoms with Gasteiger partial charge < -0.3 is 38.9 Å². The van der Waals surface area contributed by atoms with Gasteiger partial charge in [0.1, 0.15) is 43.1 Å². The zero-order chi connectivity index (χ0) is 44.3. The van der Waals surface area contributed by atoms with Crippen molar-refractivity contribution in [3.63, 3.8) is 0 Å². The van der Waals surface area contributed by atoms with Crippen LogP contribution in [0.15, 0.2) is 85.5 Å².